The molecule has 6 nitrogen and oxygen atoms in total. The van der Waals surface area contributed by atoms with Gasteiger partial charge in [-0.2, -0.15) is 5.26 Å². The highest BCUT2D eigenvalue weighted by Crippen LogP contribution is 2.30. The van der Waals surface area contributed by atoms with Crippen LogP contribution in [-0.2, 0) is 4.74 Å². The van der Waals surface area contributed by atoms with Gasteiger partial charge in [-0.05, 0) is 38.1 Å². The number of nitriles is 1. The minimum atomic E-state index is 0.171. The van der Waals surface area contributed by atoms with Crippen LogP contribution in [0.5, 0.6) is 0 Å². The van der Waals surface area contributed by atoms with Crippen molar-refractivity contribution in [2.45, 2.75) is 32.1 Å². The van der Waals surface area contributed by atoms with Gasteiger partial charge in [-0.3, -0.25) is 9.88 Å². The quantitative estimate of drug-likeness (QED) is 0.898. The van der Waals surface area contributed by atoms with Crippen LogP contribution in [-0.4, -0.2) is 67.4 Å². The van der Waals surface area contributed by atoms with Crippen LogP contribution >= 0.6 is 0 Å². The lowest BCUT2D eigenvalue weighted by Crippen LogP contribution is -2.56. The fourth-order valence-corrected chi connectivity index (χ4v) is 4.28. The number of aromatic nitrogens is 1. The summed E-state index contributed by atoms with van der Waals surface area (Å²) >= 11 is 0. The molecule has 2 aromatic rings. The van der Waals surface area contributed by atoms with Gasteiger partial charge in [0.2, 0.25) is 0 Å². The molecule has 3 heterocycles. The largest absolute Gasteiger partial charge is 0.370 e. The van der Waals surface area contributed by atoms with Crippen LogP contribution < -0.4 is 10.2 Å². The van der Waals surface area contributed by atoms with Crippen molar-refractivity contribution in [1.29, 1.82) is 5.26 Å². The van der Waals surface area contributed by atoms with Crippen LogP contribution in [0, 0.1) is 11.3 Å². The molecule has 2 saturated heterocycles. The third kappa shape index (κ3) is 3.77. The molecule has 6 heteroatoms. The molecule has 2 aliphatic rings. The summed E-state index contributed by atoms with van der Waals surface area (Å²) in [5.41, 5.74) is 2.55. The summed E-state index contributed by atoms with van der Waals surface area (Å²) in [4.78, 5) is 9.38. The van der Waals surface area contributed by atoms with E-state index in [1.54, 1.807) is 6.20 Å². The molecule has 3 atom stereocenters. The number of anilines is 1. The first-order chi connectivity index (χ1) is 13.2. The van der Waals surface area contributed by atoms with Gasteiger partial charge >= 0.3 is 0 Å². The Balaban J connectivity index is 1.58. The van der Waals surface area contributed by atoms with E-state index in [9.17, 15) is 5.26 Å². The van der Waals surface area contributed by atoms with E-state index in [0.29, 0.717) is 11.6 Å². The van der Waals surface area contributed by atoms with Crippen molar-refractivity contribution in [2.24, 2.45) is 0 Å². The molecule has 2 fully saturated rings. The molecule has 1 N–H and O–H groups in total. The zero-order chi connectivity index (χ0) is 18.8. The predicted octanol–water partition coefficient (Wildman–Crippen LogP) is 1.99. The van der Waals surface area contributed by atoms with E-state index in [1.807, 2.05) is 12.1 Å². The number of nitrogens with zero attached hydrogens (tertiary/aromatic N) is 4. The second-order valence-corrected chi connectivity index (χ2v) is 7.67. The maximum absolute atomic E-state index is 9.39. The number of ether oxygens (including phenoxy) is 1. The molecule has 1 aromatic heterocycles. The van der Waals surface area contributed by atoms with E-state index in [4.69, 9.17) is 4.74 Å². The number of nitrogens with one attached hydrogen (secondary N) is 1. The number of benzene rings is 1. The first kappa shape index (κ1) is 18.2. The predicted molar refractivity (Wildman–Crippen MR) is 107 cm³/mol. The standard InChI is InChI=1S/C21H27N5O/c1-15-11-23-8-9-25(15)13-18-14-26(12-16(2)27-18)20-6-5-17(10-22)21-19(20)4-3-7-24-21/h3-7,15-16,18,23H,8-9,11-14H2,1-2H3/t15?,16-,18+/m1/s1. The topological polar surface area (TPSA) is 64.4 Å². The van der Waals surface area contributed by atoms with Crippen molar-refractivity contribution in [2.75, 3.05) is 44.2 Å². The fourth-order valence-electron chi connectivity index (χ4n) is 4.28. The highest BCUT2D eigenvalue weighted by molar-refractivity contribution is 5.95. The molecule has 0 spiro atoms. The highest BCUT2D eigenvalue weighted by Gasteiger charge is 2.30. The minimum Gasteiger partial charge on any atom is -0.370 e. The summed E-state index contributed by atoms with van der Waals surface area (Å²) in [6.45, 7) is 10.2. The molecular formula is C21H27N5O. The fraction of sp³-hybridized carbons (Fsp3) is 0.524. The van der Waals surface area contributed by atoms with E-state index in [-0.39, 0.29) is 12.2 Å². The summed E-state index contributed by atoms with van der Waals surface area (Å²) < 4.78 is 6.27. The van der Waals surface area contributed by atoms with Crippen LogP contribution in [0.25, 0.3) is 10.9 Å². The first-order valence-electron chi connectivity index (χ1n) is 9.78. The van der Waals surface area contributed by atoms with Crippen LogP contribution in [0.4, 0.5) is 5.69 Å². The SMILES string of the molecule is CC1CNCCN1C[C@H]1CN(c2ccc(C#N)c3ncccc23)C[C@@H](C)O1. The van der Waals surface area contributed by atoms with Crippen LogP contribution in [0.2, 0.25) is 0 Å². The summed E-state index contributed by atoms with van der Waals surface area (Å²) in [6.07, 6.45) is 2.10. The third-order valence-electron chi connectivity index (χ3n) is 5.61. The van der Waals surface area contributed by atoms with Gasteiger partial charge in [0, 0.05) is 62.6 Å². The average molecular weight is 365 g/mol. The monoisotopic (exact) mass is 365 g/mol. The van der Waals surface area contributed by atoms with Crippen molar-refractivity contribution in [1.82, 2.24) is 15.2 Å². The number of hydrogen-bond acceptors (Lipinski definition) is 6. The number of hydrogen-bond donors (Lipinski definition) is 1. The molecule has 0 aliphatic carbocycles. The molecular weight excluding hydrogens is 338 g/mol. The minimum absolute atomic E-state index is 0.171. The molecule has 27 heavy (non-hydrogen) atoms. The Morgan fingerprint density at radius 2 is 2.19 bits per heavy atom. The summed E-state index contributed by atoms with van der Waals surface area (Å²) in [5.74, 6) is 0. The van der Waals surface area contributed by atoms with Gasteiger partial charge in [0.15, 0.2) is 0 Å². The Kier molecular flexibility index (Phi) is 5.26. The van der Waals surface area contributed by atoms with Gasteiger partial charge in [-0.1, -0.05) is 0 Å². The van der Waals surface area contributed by atoms with E-state index < -0.39 is 0 Å². The van der Waals surface area contributed by atoms with Gasteiger partial charge in [0.05, 0.1) is 23.3 Å². The molecule has 0 bridgehead atoms. The van der Waals surface area contributed by atoms with Gasteiger partial charge in [-0.25, -0.2) is 0 Å². The zero-order valence-electron chi connectivity index (χ0n) is 16.1. The summed E-state index contributed by atoms with van der Waals surface area (Å²) in [5, 5.41) is 13.9. The molecule has 0 saturated carbocycles. The summed E-state index contributed by atoms with van der Waals surface area (Å²) in [7, 11) is 0. The van der Waals surface area contributed by atoms with Crippen molar-refractivity contribution in [3.8, 4) is 6.07 Å². The van der Waals surface area contributed by atoms with Crippen LogP contribution in [0.15, 0.2) is 30.5 Å². The van der Waals surface area contributed by atoms with Crippen molar-refractivity contribution in [3.63, 3.8) is 0 Å². The molecule has 1 aromatic carbocycles. The van der Waals surface area contributed by atoms with E-state index in [0.717, 1.165) is 55.9 Å². The molecule has 4 rings (SSSR count). The van der Waals surface area contributed by atoms with E-state index in [1.165, 1.54) is 0 Å². The van der Waals surface area contributed by atoms with Gasteiger partial charge in [-0.15, -0.1) is 0 Å². The lowest BCUT2D eigenvalue weighted by Gasteiger charge is -2.42. The normalized spacial score (nSPS) is 26.9. The van der Waals surface area contributed by atoms with Crippen molar-refractivity contribution < 1.29 is 4.74 Å². The van der Waals surface area contributed by atoms with E-state index in [2.05, 4.69) is 52.2 Å². The maximum Gasteiger partial charge on any atom is 0.101 e. The molecule has 2 aliphatic heterocycles. The average Bonchev–Trinajstić information content (AvgIpc) is 2.68. The molecule has 1 unspecified atom stereocenters. The number of morpholine rings is 1. The Morgan fingerprint density at radius 3 is 3.00 bits per heavy atom. The summed E-state index contributed by atoms with van der Waals surface area (Å²) in [6, 6.07) is 10.7. The molecule has 0 radical (unpaired) electrons. The second-order valence-electron chi connectivity index (χ2n) is 7.67. The smallest absolute Gasteiger partial charge is 0.101 e. The Morgan fingerprint density at radius 1 is 1.30 bits per heavy atom. The van der Waals surface area contributed by atoms with Gasteiger partial charge in [0.1, 0.15) is 6.07 Å². The van der Waals surface area contributed by atoms with Crippen molar-refractivity contribution >= 4 is 16.6 Å². The number of fused-ring (bicyclic) bond motifs is 1. The lowest BCUT2D eigenvalue weighted by molar-refractivity contribution is -0.0393. The van der Waals surface area contributed by atoms with Crippen molar-refractivity contribution in [3.05, 3.63) is 36.0 Å². The zero-order valence-corrected chi connectivity index (χ0v) is 16.1. The molecule has 142 valence electrons. The number of rotatable bonds is 3. The third-order valence-corrected chi connectivity index (χ3v) is 5.61. The van der Waals surface area contributed by atoms with Crippen LogP contribution in [0.1, 0.15) is 19.4 Å². The maximum atomic E-state index is 9.39. The lowest BCUT2D eigenvalue weighted by atomic mass is 10.1. The van der Waals surface area contributed by atoms with Gasteiger partial charge in [0.25, 0.3) is 0 Å². The number of pyridine rings is 1. The molecule has 0 amide bonds. The second kappa shape index (κ2) is 7.81. The Labute approximate surface area is 160 Å². The number of piperazine rings is 1. The van der Waals surface area contributed by atoms with Gasteiger partial charge < -0.3 is 15.0 Å². The first-order valence-corrected chi connectivity index (χ1v) is 9.78. The Bertz CT molecular complexity index is 848. The van der Waals surface area contributed by atoms with E-state index >= 15 is 0 Å². The highest BCUT2D eigenvalue weighted by atomic mass is 16.5. The Hall–Kier alpha value is -2.20. The van der Waals surface area contributed by atoms with Crippen LogP contribution in [0.3, 0.4) is 0 Å².